The lowest BCUT2D eigenvalue weighted by molar-refractivity contribution is 0.0950. The van der Waals surface area contributed by atoms with Gasteiger partial charge in [0.05, 0.1) is 5.02 Å². The number of carbonyl (C=O) groups excluding carboxylic acids is 1. The van der Waals surface area contributed by atoms with Gasteiger partial charge in [0.1, 0.15) is 5.82 Å². The van der Waals surface area contributed by atoms with Gasteiger partial charge in [-0.3, -0.25) is 4.79 Å². The first-order valence-corrected chi connectivity index (χ1v) is 7.61. The van der Waals surface area contributed by atoms with E-state index in [-0.39, 0.29) is 18.3 Å². The zero-order chi connectivity index (χ0) is 14.7. The van der Waals surface area contributed by atoms with Gasteiger partial charge in [0.25, 0.3) is 5.91 Å². The highest BCUT2D eigenvalue weighted by Crippen LogP contribution is 2.23. The number of rotatable bonds is 3. The van der Waals surface area contributed by atoms with Gasteiger partial charge in [-0.05, 0) is 52.3 Å². The van der Waals surface area contributed by atoms with E-state index in [1.54, 1.807) is 30.3 Å². The number of hydrogen-bond donors (Lipinski definition) is 1. The molecule has 0 saturated carbocycles. The average molecular weight is 421 g/mol. The predicted molar refractivity (Wildman–Crippen MR) is 84.4 cm³/mol. The Balaban J connectivity index is 2.08. The number of nitrogens with one attached hydrogen (secondary N) is 1. The van der Waals surface area contributed by atoms with E-state index in [0.717, 1.165) is 4.47 Å². The number of halogens is 4. The first-order valence-electron chi connectivity index (χ1n) is 5.64. The van der Waals surface area contributed by atoms with Crippen LogP contribution in [-0.4, -0.2) is 5.91 Å². The van der Waals surface area contributed by atoms with Crippen molar-refractivity contribution < 1.29 is 9.18 Å². The Bertz CT molecular complexity index is 664. The molecule has 0 radical (unpaired) electrons. The molecule has 2 aromatic carbocycles. The molecule has 6 heteroatoms. The van der Waals surface area contributed by atoms with Crippen molar-refractivity contribution in [3.8, 4) is 0 Å². The zero-order valence-electron chi connectivity index (χ0n) is 10.1. The van der Waals surface area contributed by atoms with E-state index in [0.29, 0.717) is 20.6 Å². The predicted octanol–water partition coefficient (Wildman–Crippen LogP) is 4.93. The molecule has 104 valence electrons. The van der Waals surface area contributed by atoms with Crippen molar-refractivity contribution in [3.05, 3.63) is 67.3 Å². The van der Waals surface area contributed by atoms with E-state index < -0.39 is 0 Å². The van der Waals surface area contributed by atoms with E-state index in [9.17, 15) is 9.18 Å². The normalized spacial score (nSPS) is 10.4. The van der Waals surface area contributed by atoms with Gasteiger partial charge in [-0.1, -0.05) is 27.5 Å². The summed E-state index contributed by atoms with van der Waals surface area (Å²) in [5, 5.41) is 3.11. The zero-order valence-corrected chi connectivity index (χ0v) is 14.0. The van der Waals surface area contributed by atoms with E-state index in [1.807, 2.05) is 0 Å². The number of benzene rings is 2. The standard InChI is InChI=1S/C14H9Br2ClFNO/c15-10-2-4-13(18)9(5-10)7-19-14(20)8-1-3-11(16)12(17)6-8/h1-6H,7H2,(H,19,20). The van der Waals surface area contributed by atoms with Crippen LogP contribution < -0.4 is 5.32 Å². The van der Waals surface area contributed by atoms with Crippen LogP contribution in [-0.2, 0) is 6.54 Å². The second kappa shape index (κ2) is 6.70. The highest BCUT2D eigenvalue weighted by molar-refractivity contribution is 9.10. The molecule has 2 nitrogen and oxygen atoms in total. The summed E-state index contributed by atoms with van der Waals surface area (Å²) in [6, 6.07) is 9.47. The highest BCUT2D eigenvalue weighted by atomic mass is 79.9. The quantitative estimate of drug-likeness (QED) is 0.748. The Hall–Kier alpha value is -0.910. The molecule has 0 aliphatic heterocycles. The third-order valence-corrected chi connectivity index (χ3v) is 4.35. The van der Waals surface area contributed by atoms with Crippen LogP contribution in [0.25, 0.3) is 0 Å². The van der Waals surface area contributed by atoms with Crippen LogP contribution in [0.3, 0.4) is 0 Å². The molecule has 0 atom stereocenters. The lowest BCUT2D eigenvalue weighted by Gasteiger charge is -2.07. The van der Waals surface area contributed by atoms with Crippen molar-refractivity contribution in [1.82, 2.24) is 5.32 Å². The Kier molecular flexibility index (Phi) is 5.18. The Morgan fingerprint density at radius 2 is 1.95 bits per heavy atom. The highest BCUT2D eigenvalue weighted by Gasteiger charge is 2.09. The van der Waals surface area contributed by atoms with Crippen molar-refractivity contribution in [3.63, 3.8) is 0 Å². The van der Waals surface area contributed by atoms with Gasteiger partial charge in [-0.2, -0.15) is 0 Å². The molecule has 2 aromatic rings. The van der Waals surface area contributed by atoms with Crippen molar-refractivity contribution in [2.45, 2.75) is 6.54 Å². The Labute approximate surface area is 137 Å². The molecular formula is C14H9Br2ClFNO. The van der Waals surface area contributed by atoms with Crippen molar-refractivity contribution in [2.24, 2.45) is 0 Å². The van der Waals surface area contributed by atoms with Crippen LogP contribution in [0.2, 0.25) is 5.02 Å². The molecule has 0 aliphatic carbocycles. The summed E-state index contributed by atoms with van der Waals surface area (Å²) in [4.78, 5) is 12.0. The molecule has 0 aliphatic rings. The first-order chi connectivity index (χ1) is 9.47. The minimum absolute atomic E-state index is 0.109. The van der Waals surface area contributed by atoms with Crippen molar-refractivity contribution >= 4 is 49.4 Å². The van der Waals surface area contributed by atoms with Gasteiger partial charge < -0.3 is 5.32 Å². The summed E-state index contributed by atoms with van der Waals surface area (Å²) >= 11 is 12.4. The molecule has 0 aromatic heterocycles. The van der Waals surface area contributed by atoms with Gasteiger partial charge in [0, 0.05) is 26.6 Å². The molecule has 20 heavy (non-hydrogen) atoms. The maximum Gasteiger partial charge on any atom is 0.251 e. The van der Waals surface area contributed by atoms with Crippen LogP contribution in [0.1, 0.15) is 15.9 Å². The van der Waals surface area contributed by atoms with Gasteiger partial charge in [-0.25, -0.2) is 4.39 Å². The van der Waals surface area contributed by atoms with Gasteiger partial charge in [0.15, 0.2) is 0 Å². The molecule has 2 rings (SSSR count). The van der Waals surface area contributed by atoms with Crippen molar-refractivity contribution in [1.29, 1.82) is 0 Å². The molecule has 0 bridgehead atoms. The summed E-state index contributed by atoms with van der Waals surface area (Å²) in [6.07, 6.45) is 0. The van der Waals surface area contributed by atoms with Gasteiger partial charge >= 0.3 is 0 Å². The minimum atomic E-state index is -0.359. The smallest absolute Gasteiger partial charge is 0.251 e. The second-order valence-electron chi connectivity index (χ2n) is 4.05. The van der Waals surface area contributed by atoms with Crippen LogP contribution in [0.4, 0.5) is 4.39 Å². The lowest BCUT2D eigenvalue weighted by Crippen LogP contribution is -2.23. The fourth-order valence-corrected chi connectivity index (χ4v) is 2.43. The fraction of sp³-hybridized carbons (Fsp3) is 0.0714. The van der Waals surface area contributed by atoms with Gasteiger partial charge in [0.2, 0.25) is 0 Å². The Morgan fingerprint density at radius 3 is 2.65 bits per heavy atom. The van der Waals surface area contributed by atoms with Gasteiger partial charge in [-0.15, -0.1) is 0 Å². The average Bonchev–Trinajstić information content (AvgIpc) is 2.42. The molecule has 0 saturated heterocycles. The molecular weight excluding hydrogens is 412 g/mol. The third kappa shape index (κ3) is 3.81. The lowest BCUT2D eigenvalue weighted by atomic mass is 10.2. The van der Waals surface area contributed by atoms with E-state index >= 15 is 0 Å². The topological polar surface area (TPSA) is 29.1 Å². The monoisotopic (exact) mass is 419 g/mol. The largest absolute Gasteiger partial charge is 0.348 e. The SMILES string of the molecule is O=C(NCc1cc(Br)ccc1F)c1ccc(Br)c(Cl)c1. The fourth-order valence-electron chi connectivity index (χ4n) is 1.59. The summed E-state index contributed by atoms with van der Waals surface area (Å²) in [5.74, 6) is -0.666. The van der Waals surface area contributed by atoms with Crippen molar-refractivity contribution in [2.75, 3.05) is 0 Å². The van der Waals surface area contributed by atoms with E-state index in [1.165, 1.54) is 6.07 Å². The molecule has 0 fully saturated rings. The maximum atomic E-state index is 13.5. The van der Waals surface area contributed by atoms with Crippen LogP contribution in [0.15, 0.2) is 45.3 Å². The number of amides is 1. The third-order valence-electron chi connectivity index (χ3n) is 2.63. The second-order valence-corrected chi connectivity index (χ2v) is 6.22. The van der Waals surface area contributed by atoms with E-state index in [2.05, 4.69) is 37.2 Å². The molecule has 1 amide bonds. The first kappa shape index (κ1) is 15.5. The molecule has 0 heterocycles. The van der Waals surface area contributed by atoms with E-state index in [4.69, 9.17) is 11.6 Å². The summed E-state index contributed by atoms with van der Waals surface area (Å²) in [5.41, 5.74) is 0.838. The minimum Gasteiger partial charge on any atom is -0.348 e. The Morgan fingerprint density at radius 1 is 1.20 bits per heavy atom. The summed E-state index contributed by atoms with van der Waals surface area (Å²) in [7, 11) is 0. The van der Waals surface area contributed by atoms with Crippen LogP contribution in [0, 0.1) is 5.82 Å². The maximum absolute atomic E-state index is 13.5. The molecule has 0 unspecified atom stereocenters. The number of carbonyl (C=O) groups is 1. The number of hydrogen-bond acceptors (Lipinski definition) is 1. The molecule has 1 N–H and O–H groups in total. The van der Waals surface area contributed by atoms with Crippen LogP contribution in [0.5, 0.6) is 0 Å². The molecule has 0 spiro atoms. The summed E-state index contributed by atoms with van der Waals surface area (Å²) < 4.78 is 15.0. The summed E-state index contributed by atoms with van der Waals surface area (Å²) in [6.45, 7) is 0.109. The van der Waals surface area contributed by atoms with Crippen LogP contribution >= 0.6 is 43.5 Å².